The minimum atomic E-state index is -4.28. The normalized spacial score (nSPS) is 14.5. The van der Waals surface area contributed by atoms with Crippen LogP contribution in [0.1, 0.15) is 36.3 Å². The summed E-state index contributed by atoms with van der Waals surface area (Å²) in [6.45, 7) is 0. The summed E-state index contributed by atoms with van der Waals surface area (Å²) in [5.41, 5.74) is 0.761. The van der Waals surface area contributed by atoms with E-state index in [-0.39, 0.29) is 11.6 Å². The summed E-state index contributed by atoms with van der Waals surface area (Å²) in [6.07, 6.45) is -0.872. The van der Waals surface area contributed by atoms with Crippen LogP contribution < -0.4 is 4.74 Å². The Kier molecular flexibility index (Phi) is 5.22. The van der Waals surface area contributed by atoms with Gasteiger partial charge in [-0.1, -0.05) is 30.7 Å². The van der Waals surface area contributed by atoms with Gasteiger partial charge in [0.15, 0.2) is 29.0 Å². The molecular weight excluding hydrogens is 406 g/mol. The molecule has 1 aliphatic rings. The molecule has 156 valence electrons. The predicted octanol–water partition coefficient (Wildman–Crippen LogP) is 7.31. The topological polar surface area (TPSA) is 9.23 Å². The molecule has 1 fully saturated rings. The molecule has 30 heavy (non-hydrogen) atoms. The van der Waals surface area contributed by atoms with Gasteiger partial charge in [-0.3, -0.25) is 0 Å². The summed E-state index contributed by atoms with van der Waals surface area (Å²) >= 11 is 0. The number of hydrogen-bond donors (Lipinski definition) is 0. The van der Waals surface area contributed by atoms with Crippen molar-refractivity contribution in [3.63, 3.8) is 0 Å². The summed E-state index contributed by atoms with van der Waals surface area (Å²) < 4.78 is 87.8. The van der Waals surface area contributed by atoms with Crippen LogP contribution in [0.15, 0.2) is 54.6 Å². The monoisotopic (exact) mass is 422 g/mol. The Balaban J connectivity index is 1.60. The molecule has 1 aliphatic carbocycles. The number of hydrogen-bond acceptors (Lipinski definition) is 1. The van der Waals surface area contributed by atoms with Crippen LogP contribution in [0, 0.1) is 23.3 Å². The van der Waals surface area contributed by atoms with Gasteiger partial charge < -0.3 is 4.74 Å². The van der Waals surface area contributed by atoms with Gasteiger partial charge >= 0.3 is 6.11 Å². The number of benzene rings is 3. The molecule has 0 aliphatic heterocycles. The van der Waals surface area contributed by atoms with Gasteiger partial charge in [0.25, 0.3) is 0 Å². The van der Waals surface area contributed by atoms with Crippen molar-refractivity contribution in [2.45, 2.75) is 31.3 Å². The Bertz CT molecular complexity index is 1050. The third kappa shape index (κ3) is 3.88. The number of rotatable bonds is 5. The lowest BCUT2D eigenvalue weighted by atomic mass is 9.80. The van der Waals surface area contributed by atoms with Crippen molar-refractivity contribution in [2.24, 2.45) is 0 Å². The highest BCUT2D eigenvalue weighted by atomic mass is 19.3. The van der Waals surface area contributed by atoms with Crippen LogP contribution >= 0.6 is 0 Å². The van der Waals surface area contributed by atoms with E-state index in [0.717, 1.165) is 30.5 Å². The highest BCUT2D eigenvalue weighted by molar-refractivity contribution is 5.65. The van der Waals surface area contributed by atoms with E-state index < -0.39 is 40.7 Å². The van der Waals surface area contributed by atoms with Crippen LogP contribution in [0.3, 0.4) is 0 Å². The van der Waals surface area contributed by atoms with E-state index in [1.807, 2.05) is 12.1 Å². The van der Waals surface area contributed by atoms with Crippen molar-refractivity contribution < 1.29 is 31.1 Å². The quantitative estimate of drug-likeness (QED) is 0.392. The van der Waals surface area contributed by atoms with Gasteiger partial charge in [-0.25, -0.2) is 17.6 Å². The standard InChI is InChI=1S/C23H16F6O/c24-18-9-8-17(12-19(18)25)23(28,29)30-22-20(26)10-16(11-21(22)27)15-6-4-14(5-7-15)13-2-1-3-13/h4-13H,1-3H2. The lowest BCUT2D eigenvalue weighted by molar-refractivity contribution is -0.188. The van der Waals surface area contributed by atoms with Crippen molar-refractivity contribution >= 4 is 0 Å². The molecule has 0 unspecified atom stereocenters. The molecule has 0 saturated heterocycles. The highest BCUT2D eigenvalue weighted by Gasteiger charge is 2.37. The van der Waals surface area contributed by atoms with E-state index in [9.17, 15) is 26.3 Å². The van der Waals surface area contributed by atoms with Gasteiger partial charge in [0.1, 0.15) is 0 Å². The Hall–Kier alpha value is -2.96. The van der Waals surface area contributed by atoms with Crippen LogP contribution in [0.4, 0.5) is 26.3 Å². The van der Waals surface area contributed by atoms with Crippen LogP contribution in [-0.4, -0.2) is 0 Å². The molecular formula is C23H16F6O. The van der Waals surface area contributed by atoms with Crippen molar-refractivity contribution in [2.75, 3.05) is 0 Å². The minimum absolute atomic E-state index is 0.161. The third-order valence-electron chi connectivity index (χ3n) is 5.30. The van der Waals surface area contributed by atoms with Crippen LogP contribution in [-0.2, 0) is 6.11 Å². The molecule has 0 N–H and O–H groups in total. The zero-order chi connectivity index (χ0) is 21.5. The maximum Gasteiger partial charge on any atom is 0.427 e. The second-order valence-electron chi connectivity index (χ2n) is 7.27. The average Bonchev–Trinajstić information content (AvgIpc) is 2.66. The molecule has 3 aromatic rings. The van der Waals surface area contributed by atoms with Gasteiger partial charge in [-0.05, 0) is 65.8 Å². The summed E-state index contributed by atoms with van der Waals surface area (Å²) in [5.74, 6) is -6.34. The van der Waals surface area contributed by atoms with Gasteiger partial charge in [0, 0.05) is 0 Å². The fourth-order valence-electron chi connectivity index (χ4n) is 3.38. The van der Waals surface area contributed by atoms with E-state index in [2.05, 4.69) is 4.74 Å². The molecule has 7 heteroatoms. The lowest BCUT2D eigenvalue weighted by Crippen LogP contribution is -2.23. The van der Waals surface area contributed by atoms with Gasteiger partial charge in [0.2, 0.25) is 0 Å². The smallest absolute Gasteiger partial charge is 0.423 e. The minimum Gasteiger partial charge on any atom is -0.423 e. The van der Waals surface area contributed by atoms with E-state index in [0.29, 0.717) is 23.6 Å². The molecule has 0 amide bonds. The maximum atomic E-state index is 14.4. The molecule has 1 saturated carbocycles. The van der Waals surface area contributed by atoms with E-state index in [1.165, 1.54) is 6.42 Å². The molecule has 0 spiro atoms. The Morgan fingerprint density at radius 1 is 0.700 bits per heavy atom. The van der Waals surface area contributed by atoms with E-state index in [4.69, 9.17) is 0 Å². The van der Waals surface area contributed by atoms with Crippen LogP contribution in [0.25, 0.3) is 11.1 Å². The zero-order valence-electron chi connectivity index (χ0n) is 15.6. The molecule has 0 aromatic heterocycles. The number of ether oxygens (including phenoxy) is 1. The Morgan fingerprint density at radius 2 is 1.33 bits per heavy atom. The largest absolute Gasteiger partial charge is 0.427 e. The fraction of sp³-hybridized carbons (Fsp3) is 0.217. The Morgan fingerprint density at radius 3 is 1.87 bits per heavy atom. The number of alkyl halides is 2. The van der Waals surface area contributed by atoms with Gasteiger partial charge in [-0.2, -0.15) is 8.78 Å². The molecule has 0 bridgehead atoms. The molecule has 4 rings (SSSR count). The summed E-state index contributed by atoms with van der Waals surface area (Å²) in [6, 6.07) is 10.3. The zero-order valence-corrected chi connectivity index (χ0v) is 15.6. The van der Waals surface area contributed by atoms with Crippen LogP contribution in [0.2, 0.25) is 0 Å². The molecule has 0 atom stereocenters. The van der Waals surface area contributed by atoms with Gasteiger partial charge in [-0.15, -0.1) is 0 Å². The average molecular weight is 422 g/mol. The first kappa shape index (κ1) is 20.3. The molecule has 3 aromatic carbocycles. The SMILES string of the molecule is Fc1ccc(C(F)(F)Oc2c(F)cc(-c3ccc(C4CCC4)cc3)cc2F)cc1F. The van der Waals surface area contributed by atoms with Crippen molar-refractivity contribution in [3.05, 3.63) is 89.0 Å². The second-order valence-corrected chi connectivity index (χ2v) is 7.27. The predicted molar refractivity (Wildman–Crippen MR) is 99.3 cm³/mol. The second kappa shape index (κ2) is 7.70. The Labute approximate surface area is 168 Å². The molecule has 0 heterocycles. The first-order valence-corrected chi connectivity index (χ1v) is 9.36. The summed E-state index contributed by atoms with van der Waals surface area (Å²) in [5, 5.41) is 0. The third-order valence-corrected chi connectivity index (χ3v) is 5.30. The van der Waals surface area contributed by atoms with E-state index >= 15 is 0 Å². The highest BCUT2D eigenvalue weighted by Crippen LogP contribution is 2.39. The van der Waals surface area contributed by atoms with Crippen molar-refractivity contribution in [1.82, 2.24) is 0 Å². The molecule has 1 nitrogen and oxygen atoms in total. The fourth-order valence-corrected chi connectivity index (χ4v) is 3.38. The number of halogens is 6. The first-order chi connectivity index (χ1) is 14.2. The first-order valence-electron chi connectivity index (χ1n) is 9.36. The van der Waals surface area contributed by atoms with Crippen LogP contribution in [0.5, 0.6) is 5.75 Å². The molecule has 0 radical (unpaired) electrons. The summed E-state index contributed by atoms with van der Waals surface area (Å²) in [7, 11) is 0. The van der Waals surface area contributed by atoms with Crippen molar-refractivity contribution in [1.29, 1.82) is 0 Å². The maximum absolute atomic E-state index is 14.4. The van der Waals surface area contributed by atoms with Gasteiger partial charge in [0.05, 0.1) is 5.56 Å². The van der Waals surface area contributed by atoms with Crippen molar-refractivity contribution in [3.8, 4) is 16.9 Å². The summed E-state index contributed by atoms with van der Waals surface area (Å²) in [4.78, 5) is 0. The van der Waals surface area contributed by atoms with E-state index in [1.54, 1.807) is 12.1 Å². The lowest BCUT2D eigenvalue weighted by Gasteiger charge is -2.25.